The molecule has 0 unspecified atom stereocenters. The number of carboxylic acid groups (broad SMARTS) is 1. The number of nitrogens with one attached hydrogen (secondary N) is 2. The zero-order valence-corrected chi connectivity index (χ0v) is 17.3. The quantitative estimate of drug-likeness (QED) is 0.400. The Morgan fingerprint density at radius 2 is 1.73 bits per heavy atom. The highest BCUT2D eigenvalue weighted by Gasteiger charge is 2.16. The first-order valence-corrected chi connectivity index (χ1v) is 10.6. The highest BCUT2D eigenvalue weighted by atomic mass is 35.5. The van der Waals surface area contributed by atoms with Crippen LogP contribution >= 0.6 is 11.6 Å². The van der Waals surface area contributed by atoms with Gasteiger partial charge in [0, 0.05) is 17.6 Å². The third-order valence-electron chi connectivity index (χ3n) is 5.51. The fourth-order valence-electron chi connectivity index (χ4n) is 3.97. The molecule has 0 aliphatic heterocycles. The Morgan fingerprint density at radius 1 is 0.967 bits per heavy atom. The molecule has 4 rings (SSSR count). The number of carboxylic acids is 1. The van der Waals surface area contributed by atoms with Gasteiger partial charge in [-0.1, -0.05) is 43.0 Å². The first kappa shape index (κ1) is 20.2. The third-order valence-corrected chi connectivity index (χ3v) is 5.82. The van der Waals surface area contributed by atoms with Crippen molar-refractivity contribution in [3.8, 4) is 0 Å². The van der Waals surface area contributed by atoms with E-state index in [2.05, 4.69) is 27.8 Å². The van der Waals surface area contributed by atoms with Crippen molar-refractivity contribution in [2.45, 2.75) is 38.0 Å². The van der Waals surface area contributed by atoms with Crippen molar-refractivity contribution in [3.63, 3.8) is 0 Å². The summed E-state index contributed by atoms with van der Waals surface area (Å²) in [4.78, 5) is 15.5. The van der Waals surface area contributed by atoms with E-state index in [1.165, 1.54) is 43.7 Å². The van der Waals surface area contributed by atoms with E-state index in [0.717, 1.165) is 17.1 Å². The fourth-order valence-corrected chi connectivity index (χ4v) is 4.20. The summed E-state index contributed by atoms with van der Waals surface area (Å²) in [5, 5.41) is 16.5. The Hall–Kier alpha value is -3.05. The van der Waals surface area contributed by atoms with Gasteiger partial charge in [-0.3, -0.25) is 0 Å². The molecule has 5 nitrogen and oxygen atoms in total. The largest absolute Gasteiger partial charge is 0.478 e. The number of pyridine rings is 1. The van der Waals surface area contributed by atoms with Crippen LogP contribution in [0.1, 0.15) is 53.9 Å². The van der Waals surface area contributed by atoms with Gasteiger partial charge < -0.3 is 15.7 Å². The summed E-state index contributed by atoms with van der Waals surface area (Å²) >= 11 is 6.57. The molecule has 1 aliphatic carbocycles. The van der Waals surface area contributed by atoms with Gasteiger partial charge in [-0.2, -0.15) is 0 Å². The van der Waals surface area contributed by atoms with Crippen LogP contribution in [0, 0.1) is 0 Å². The Kier molecular flexibility index (Phi) is 6.19. The molecule has 1 fully saturated rings. The molecule has 1 aliphatic rings. The number of hydrogen-bond acceptors (Lipinski definition) is 4. The summed E-state index contributed by atoms with van der Waals surface area (Å²) in [5.74, 6) is -0.110. The average molecular weight is 422 g/mol. The maximum atomic E-state index is 11.4. The molecule has 154 valence electrons. The zero-order valence-electron chi connectivity index (χ0n) is 16.6. The fraction of sp³-hybridized carbons (Fsp3) is 0.250. The monoisotopic (exact) mass is 421 g/mol. The van der Waals surface area contributed by atoms with Gasteiger partial charge >= 0.3 is 5.97 Å². The minimum absolute atomic E-state index is 0.122. The van der Waals surface area contributed by atoms with E-state index < -0.39 is 5.97 Å². The van der Waals surface area contributed by atoms with Gasteiger partial charge in [0.15, 0.2) is 0 Å². The molecule has 30 heavy (non-hydrogen) atoms. The van der Waals surface area contributed by atoms with Crippen LogP contribution in [0.3, 0.4) is 0 Å². The molecule has 2 aromatic carbocycles. The van der Waals surface area contributed by atoms with Crippen LogP contribution in [0.2, 0.25) is 5.02 Å². The number of benzene rings is 2. The van der Waals surface area contributed by atoms with E-state index in [1.807, 2.05) is 30.3 Å². The van der Waals surface area contributed by atoms with Gasteiger partial charge in [0.05, 0.1) is 10.7 Å². The van der Waals surface area contributed by atoms with Crippen molar-refractivity contribution in [1.82, 2.24) is 4.98 Å². The molecular formula is C24H24ClN3O2. The lowest BCUT2D eigenvalue weighted by atomic mass is 9.84. The topological polar surface area (TPSA) is 74.2 Å². The lowest BCUT2D eigenvalue weighted by Crippen LogP contribution is -2.05. The number of anilines is 4. The molecule has 1 aromatic heterocycles. The second-order valence-electron chi connectivity index (χ2n) is 7.61. The minimum atomic E-state index is -1.02. The SMILES string of the molecule is O=C(O)c1cccnc1Nc1cccc(Nc2ccc(C3CCCCC3)cc2Cl)c1. The van der Waals surface area contributed by atoms with Crippen LogP contribution < -0.4 is 10.6 Å². The standard InChI is InChI=1S/C24H24ClN3O2/c25-21-14-17(16-6-2-1-3-7-16)11-12-22(21)27-18-8-4-9-19(15-18)28-23-20(24(29)30)10-5-13-26-23/h4-5,8-16,27H,1-3,6-7H2,(H,26,28)(H,29,30). The van der Waals surface area contributed by atoms with Crippen LogP contribution in [-0.2, 0) is 0 Å². The summed E-state index contributed by atoms with van der Waals surface area (Å²) in [6.45, 7) is 0. The van der Waals surface area contributed by atoms with Crippen LogP contribution in [0.4, 0.5) is 22.9 Å². The van der Waals surface area contributed by atoms with Gasteiger partial charge in [0.1, 0.15) is 11.4 Å². The first-order valence-electron chi connectivity index (χ1n) is 10.2. The summed E-state index contributed by atoms with van der Waals surface area (Å²) in [5.41, 5.74) is 3.86. The second-order valence-corrected chi connectivity index (χ2v) is 8.02. The minimum Gasteiger partial charge on any atom is -0.478 e. The molecule has 0 amide bonds. The second kappa shape index (κ2) is 9.18. The summed E-state index contributed by atoms with van der Waals surface area (Å²) < 4.78 is 0. The predicted octanol–water partition coefficient (Wildman–Crippen LogP) is 6.97. The van der Waals surface area contributed by atoms with Crippen LogP contribution in [0.15, 0.2) is 60.8 Å². The number of carbonyl (C=O) groups is 1. The number of aromatic carboxylic acids is 1. The van der Waals surface area contributed by atoms with Crippen LogP contribution in [0.25, 0.3) is 0 Å². The zero-order chi connectivity index (χ0) is 20.9. The van der Waals surface area contributed by atoms with E-state index in [4.69, 9.17) is 11.6 Å². The number of aromatic nitrogens is 1. The van der Waals surface area contributed by atoms with Gasteiger partial charge in [0.25, 0.3) is 0 Å². The van der Waals surface area contributed by atoms with Crippen molar-refractivity contribution < 1.29 is 9.90 Å². The van der Waals surface area contributed by atoms with Crippen molar-refractivity contribution >= 4 is 40.5 Å². The third kappa shape index (κ3) is 4.74. The molecule has 1 saturated carbocycles. The number of hydrogen-bond donors (Lipinski definition) is 3. The molecular weight excluding hydrogens is 398 g/mol. The van der Waals surface area contributed by atoms with Gasteiger partial charge in [-0.25, -0.2) is 9.78 Å². The molecule has 0 atom stereocenters. The molecule has 0 radical (unpaired) electrons. The van der Waals surface area contributed by atoms with Crippen LogP contribution in [0.5, 0.6) is 0 Å². The van der Waals surface area contributed by atoms with Crippen molar-refractivity contribution in [2.75, 3.05) is 10.6 Å². The Bertz CT molecular complexity index is 1050. The highest BCUT2D eigenvalue weighted by molar-refractivity contribution is 6.33. The van der Waals surface area contributed by atoms with Crippen LogP contribution in [-0.4, -0.2) is 16.1 Å². The molecule has 0 spiro atoms. The Labute approximate surface area is 181 Å². The lowest BCUT2D eigenvalue weighted by molar-refractivity contribution is 0.0697. The normalized spacial score (nSPS) is 14.3. The number of nitrogens with zero attached hydrogens (tertiary/aromatic N) is 1. The number of rotatable bonds is 6. The molecule has 0 bridgehead atoms. The lowest BCUT2D eigenvalue weighted by Gasteiger charge is -2.22. The molecule has 6 heteroatoms. The summed E-state index contributed by atoms with van der Waals surface area (Å²) in [6.07, 6.45) is 7.96. The average Bonchev–Trinajstić information content (AvgIpc) is 2.76. The Morgan fingerprint density at radius 3 is 2.47 bits per heavy atom. The van der Waals surface area contributed by atoms with Gasteiger partial charge in [0.2, 0.25) is 0 Å². The van der Waals surface area contributed by atoms with Gasteiger partial charge in [-0.15, -0.1) is 0 Å². The van der Waals surface area contributed by atoms with E-state index >= 15 is 0 Å². The summed E-state index contributed by atoms with van der Waals surface area (Å²) in [6, 6.07) is 17.0. The van der Waals surface area contributed by atoms with Crippen molar-refractivity contribution in [2.24, 2.45) is 0 Å². The number of halogens is 1. The van der Waals surface area contributed by atoms with E-state index in [1.54, 1.807) is 12.3 Å². The molecule has 1 heterocycles. The first-order chi connectivity index (χ1) is 14.6. The predicted molar refractivity (Wildman–Crippen MR) is 121 cm³/mol. The van der Waals surface area contributed by atoms with Crippen molar-refractivity contribution in [3.05, 3.63) is 76.9 Å². The molecule has 3 aromatic rings. The maximum Gasteiger partial charge on any atom is 0.339 e. The Balaban J connectivity index is 1.50. The smallest absolute Gasteiger partial charge is 0.339 e. The summed E-state index contributed by atoms with van der Waals surface area (Å²) in [7, 11) is 0. The van der Waals surface area contributed by atoms with Crippen molar-refractivity contribution in [1.29, 1.82) is 0 Å². The molecule has 3 N–H and O–H groups in total. The van der Waals surface area contributed by atoms with E-state index in [9.17, 15) is 9.90 Å². The highest BCUT2D eigenvalue weighted by Crippen LogP contribution is 2.36. The maximum absolute atomic E-state index is 11.4. The van der Waals surface area contributed by atoms with E-state index in [0.29, 0.717) is 16.8 Å². The van der Waals surface area contributed by atoms with Gasteiger partial charge in [-0.05, 0) is 66.8 Å². The van der Waals surface area contributed by atoms with E-state index in [-0.39, 0.29) is 5.56 Å². The molecule has 0 saturated heterocycles.